The average molecular weight is 219 g/mol. The van der Waals surface area contributed by atoms with Gasteiger partial charge in [0.1, 0.15) is 12.0 Å². The van der Waals surface area contributed by atoms with Gasteiger partial charge < -0.3 is 9.84 Å². The van der Waals surface area contributed by atoms with Crippen molar-refractivity contribution in [2.45, 2.75) is 37.5 Å². The Balaban J connectivity index is 2.10. The van der Waals surface area contributed by atoms with Crippen molar-refractivity contribution in [1.82, 2.24) is 5.32 Å². The van der Waals surface area contributed by atoms with Crippen LogP contribution >= 0.6 is 0 Å². The number of fused-ring (bicyclic) bond motifs is 2. The summed E-state index contributed by atoms with van der Waals surface area (Å²) in [5.74, 6) is 0.955. The quantitative estimate of drug-likeness (QED) is 0.752. The molecule has 0 amide bonds. The Morgan fingerprint density at radius 1 is 1.44 bits per heavy atom. The molecular weight excluding hydrogens is 202 g/mol. The molecule has 1 aliphatic heterocycles. The van der Waals surface area contributed by atoms with Crippen LogP contribution in [0.15, 0.2) is 18.2 Å². The van der Waals surface area contributed by atoms with E-state index in [4.69, 9.17) is 4.74 Å². The van der Waals surface area contributed by atoms with Gasteiger partial charge in [-0.25, -0.2) is 0 Å². The zero-order valence-corrected chi connectivity index (χ0v) is 9.49. The summed E-state index contributed by atoms with van der Waals surface area (Å²) in [7, 11) is 1.72. The molecule has 1 fully saturated rings. The van der Waals surface area contributed by atoms with Gasteiger partial charge in [-0.05, 0) is 37.3 Å². The van der Waals surface area contributed by atoms with E-state index in [1.165, 1.54) is 11.1 Å². The van der Waals surface area contributed by atoms with E-state index < -0.39 is 0 Å². The SMILES string of the molecule is COc1cccc2c1[C@]1(CC2)CCC(O)N1. The number of nitrogens with one attached hydrogen (secondary N) is 1. The average Bonchev–Trinajstić information content (AvgIpc) is 2.85. The van der Waals surface area contributed by atoms with Crippen LogP contribution in [0.4, 0.5) is 0 Å². The third-order valence-electron chi connectivity index (χ3n) is 3.92. The van der Waals surface area contributed by atoms with E-state index in [0.717, 1.165) is 31.4 Å². The molecule has 0 aromatic heterocycles. The molecular formula is C13H17NO2. The maximum Gasteiger partial charge on any atom is 0.124 e. The molecule has 1 saturated heterocycles. The van der Waals surface area contributed by atoms with Crippen molar-refractivity contribution in [2.75, 3.05) is 7.11 Å². The molecule has 2 N–H and O–H groups in total. The van der Waals surface area contributed by atoms with Crippen LogP contribution in [0.5, 0.6) is 5.75 Å². The van der Waals surface area contributed by atoms with Crippen LogP contribution in [-0.4, -0.2) is 18.4 Å². The fraction of sp³-hybridized carbons (Fsp3) is 0.538. The number of hydrogen-bond acceptors (Lipinski definition) is 3. The number of benzene rings is 1. The zero-order valence-electron chi connectivity index (χ0n) is 9.49. The molecule has 3 nitrogen and oxygen atoms in total. The van der Waals surface area contributed by atoms with Gasteiger partial charge in [0.25, 0.3) is 0 Å². The minimum atomic E-state index is -0.365. The molecule has 1 heterocycles. The number of methoxy groups -OCH3 is 1. The number of aliphatic hydroxyl groups excluding tert-OH is 1. The highest BCUT2D eigenvalue weighted by molar-refractivity contribution is 5.49. The van der Waals surface area contributed by atoms with Crippen LogP contribution in [0.1, 0.15) is 30.4 Å². The molecule has 1 aliphatic carbocycles. The molecule has 3 heteroatoms. The molecule has 86 valence electrons. The van der Waals surface area contributed by atoms with E-state index in [1.807, 2.05) is 12.1 Å². The van der Waals surface area contributed by atoms with E-state index >= 15 is 0 Å². The molecule has 2 atom stereocenters. The molecule has 1 unspecified atom stereocenters. The molecule has 0 bridgehead atoms. The van der Waals surface area contributed by atoms with Crippen molar-refractivity contribution >= 4 is 0 Å². The van der Waals surface area contributed by atoms with E-state index in [2.05, 4.69) is 11.4 Å². The summed E-state index contributed by atoms with van der Waals surface area (Å²) >= 11 is 0. The zero-order chi connectivity index (χ0) is 11.2. The monoisotopic (exact) mass is 219 g/mol. The van der Waals surface area contributed by atoms with Crippen LogP contribution in [0, 0.1) is 0 Å². The molecule has 0 radical (unpaired) electrons. The minimum Gasteiger partial charge on any atom is -0.496 e. The van der Waals surface area contributed by atoms with Crippen molar-refractivity contribution in [3.05, 3.63) is 29.3 Å². The smallest absolute Gasteiger partial charge is 0.124 e. The Morgan fingerprint density at radius 2 is 2.31 bits per heavy atom. The van der Waals surface area contributed by atoms with Gasteiger partial charge in [-0.1, -0.05) is 12.1 Å². The number of ether oxygens (including phenoxy) is 1. The van der Waals surface area contributed by atoms with Crippen molar-refractivity contribution in [3.8, 4) is 5.75 Å². The summed E-state index contributed by atoms with van der Waals surface area (Å²) in [6.07, 6.45) is 3.61. The number of rotatable bonds is 1. The third kappa shape index (κ3) is 1.28. The van der Waals surface area contributed by atoms with Gasteiger partial charge in [-0.15, -0.1) is 0 Å². The Kier molecular flexibility index (Phi) is 2.19. The predicted octanol–water partition coefficient (Wildman–Crippen LogP) is 1.54. The van der Waals surface area contributed by atoms with Crippen LogP contribution in [0.2, 0.25) is 0 Å². The van der Waals surface area contributed by atoms with Crippen molar-refractivity contribution in [2.24, 2.45) is 0 Å². The van der Waals surface area contributed by atoms with Gasteiger partial charge in [-0.3, -0.25) is 5.32 Å². The first kappa shape index (κ1) is 10.1. The van der Waals surface area contributed by atoms with Crippen LogP contribution in [0.25, 0.3) is 0 Å². The lowest BCUT2D eigenvalue weighted by atomic mass is 9.89. The van der Waals surface area contributed by atoms with Gasteiger partial charge in [0, 0.05) is 11.1 Å². The van der Waals surface area contributed by atoms with Crippen molar-refractivity contribution in [1.29, 1.82) is 0 Å². The Hall–Kier alpha value is -1.06. The number of aryl methyl sites for hydroxylation is 1. The maximum absolute atomic E-state index is 9.69. The fourth-order valence-electron chi connectivity index (χ4n) is 3.21. The van der Waals surface area contributed by atoms with E-state index in [-0.39, 0.29) is 11.8 Å². The Morgan fingerprint density at radius 3 is 3.00 bits per heavy atom. The Labute approximate surface area is 95.4 Å². The molecule has 16 heavy (non-hydrogen) atoms. The number of aliphatic hydroxyl groups is 1. The first-order valence-corrected chi connectivity index (χ1v) is 5.87. The topological polar surface area (TPSA) is 41.5 Å². The highest BCUT2D eigenvalue weighted by Crippen LogP contribution is 2.47. The lowest BCUT2D eigenvalue weighted by Crippen LogP contribution is -2.38. The lowest BCUT2D eigenvalue weighted by Gasteiger charge is -2.27. The first-order chi connectivity index (χ1) is 7.75. The minimum absolute atomic E-state index is 0.0403. The van der Waals surface area contributed by atoms with Crippen molar-refractivity contribution < 1.29 is 9.84 Å². The van der Waals surface area contributed by atoms with Crippen molar-refractivity contribution in [3.63, 3.8) is 0 Å². The molecule has 1 aromatic carbocycles. The largest absolute Gasteiger partial charge is 0.496 e. The molecule has 1 aromatic rings. The van der Waals surface area contributed by atoms with Crippen LogP contribution < -0.4 is 10.1 Å². The van der Waals surface area contributed by atoms with E-state index in [1.54, 1.807) is 7.11 Å². The van der Waals surface area contributed by atoms with Gasteiger partial charge in [0.05, 0.1) is 7.11 Å². The molecule has 0 saturated carbocycles. The summed E-state index contributed by atoms with van der Waals surface area (Å²) in [6.45, 7) is 0. The molecule has 2 aliphatic rings. The van der Waals surface area contributed by atoms with Crippen LogP contribution in [0.3, 0.4) is 0 Å². The highest BCUT2D eigenvalue weighted by atomic mass is 16.5. The third-order valence-corrected chi connectivity index (χ3v) is 3.92. The van der Waals surface area contributed by atoms with Gasteiger partial charge in [-0.2, -0.15) is 0 Å². The number of hydrogen-bond donors (Lipinski definition) is 2. The summed E-state index contributed by atoms with van der Waals surface area (Å²) in [4.78, 5) is 0. The van der Waals surface area contributed by atoms with Gasteiger partial charge in [0.2, 0.25) is 0 Å². The van der Waals surface area contributed by atoms with E-state index in [0.29, 0.717) is 0 Å². The first-order valence-electron chi connectivity index (χ1n) is 5.87. The molecule has 3 rings (SSSR count). The summed E-state index contributed by atoms with van der Waals surface area (Å²) in [6, 6.07) is 6.22. The summed E-state index contributed by atoms with van der Waals surface area (Å²) in [5.41, 5.74) is 2.59. The lowest BCUT2D eigenvalue weighted by molar-refractivity contribution is 0.139. The van der Waals surface area contributed by atoms with Gasteiger partial charge >= 0.3 is 0 Å². The van der Waals surface area contributed by atoms with E-state index in [9.17, 15) is 5.11 Å². The maximum atomic E-state index is 9.69. The standard InChI is InChI=1S/C13H17NO2/c1-16-10-4-2-3-9-5-7-13(12(9)10)8-6-11(15)14-13/h2-4,11,14-15H,5-8H2,1H3/t11?,13-/m0/s1. The fourth-order valence-corrected chi connectivity index (χ4v) is 3.21. The second-order valence-electron chi connectivity index (χ2n) is 4.78. The highest BCUT2D eigenvalue weighted by Gasteiger charge is 2.45. The Bertz CT molecular complexity index is 414. The molecule has 1 spiro atoms. The van der Waals surface area contributed by atoms with Crippen LogP contribution in [-0.2, 0) is 12.0 Å². The second kappa shape index (κ2) is 3.47. The normalized spacial score (nSPS) is 32.0. The summed E-state index contributed by atoms with van der Waals surface area (Å²) in [5, 5.41) is 13.0. The second-order valence-corrected chi connectivity index (χ2v) is 4.78. The summed E-state index contributed by atoms with van der Waals surface area (Å²) < 4.78 is 5.46. The van der Waals surface area contributed by atoms with Gasteiger partial charge in [0.15, 0.2) is 0 Å². The predicted molar refractivity (Wildman–Crippen MR) is 61.4 cm³/mol.